The van der Waals surface area contributed by atoms with Gasteiger partial charge in [0.25, 0.3) is 11.7 Å². The van der Waals surface area contributed by atoms with E-state index < -0.39 is 17.7 Å². The fraction of sp³-hybridized carbons (Fsp3) is 0.407. The topological polar surface area (TPSA) is 76.1 Å². The highest BCUT2D eigenvalue weighted by Gasteiger charge is 2.46. The van der Waals surface area contributed by atoms with Crippen LogP contribution < -0.4 is 9.47 Å². The maximum absolute atomic E-state index is 13.2. The van der Waals surface area contributed by atoms with Crippen LogP contribution in [0.3, 0.4) is 0 Å². The van der Waals surface area contributed by atoms with Crippen LogP contribution in [0.15, 0.2) is 42.0 Å². The van der Waals surface area contributed by atoms with Gasteiger partial charge < -0.3 is 19.5 Å². The molecular formula is C27H33NO5. The van der Waals surface area contributed by atoms with Crippen LogP contribution in [0.2, 0.25) is 0 Å². The zero-order valence-electron chi connectivity index (χ0n) is 20.1. The summed E-state index contributed by atoms with van der Waals surface area (Å²) in [6.07, 6.45) is 2.51. The maximum atomic E-state index is 13.2. The first kappa shape index (κ1) is 24.4. The summed E-state index contributed by atoms with van der Waals surface area (Å²) in [5, 5.41) is 11.4. The number of likely N-dealkylation sites (tertiary alicyclic amines) is 1. The fourth-order valence-electron chi connectivity index (χ4n) is 4.19. The number of unbranched alkanes of at least 4 members (excludes halogenated alkanes) is 1. The van der Waals surface area contributed by atoms with E-state index in [-0.39, 0.29) is 11.3 Å². The average Bonchev–Trinajstić information content (AvgIpc) is 3.07. The van der Waals surface area contributed by atoms with Gasteiger partial charge in [0.1, 0.15) is 17.3 Å². The summed E-state index contributed by atoms with van der Waals surface area (Å²) in [5.41, 5.74) is 2.95. The van der Waals surface area contributed by atoms with Crippen molar-refractivity contribution in [2.45, 2.75) is 53.0 Å². The number of hydrogen-bond donors (Lipinski definition) is 1. The molecule has 33 heavy (non-hydrogen) atoms. The number of benzene rings is 2. The molecule has 1 N–H and O–H groups in total. The Hall–Kier alpha value is -3.28. The third-order valence-electron chi connectivity index (χ3n) is 5.94. The molecule has 1 atom stereocenters. The minimum absolute atomic E-state index is 0.108. The highest BCUT2D eigenvalue weighted by atomic mass is 16.5. The van der Waals surface area contributed by atoms with Crippen LogP contribution in [0.4, 0.5) is 0 Å². The molecule has 6 heteroatoms. The van der Waals surface area contributed by atoms with Gasteiger partial charge in [0.15, 0.2) is 0 Å². The molecule has 2 aromatic carbocycles. The van der Waals surface area contributed by atoms with Crippen LogP contribution in [0.1, 0.15) is 61.4 Å². The van der Waals surface area contributed by atoms with Crippen LogP contribution in [-0.4, -0.2) is 42.0 Å². The number of rotatable bonds is 9. The van der Waals surface area contributed by atoms with Gasteiger partial charge in [-0.15, -0.1) is 0 Å². The number of carbonyl (C=O) groups is 2. The zero-order chi connectivity index (χ0) is 24.1. The summed E-state index contributed by atoms with van der Waals surface area (Å²) in [6.45, 7) is 8.79. The number of methoxy groups -OCH3 is 1. The van der Waals surface area contributed by atoms with E-state index in [1.165, 1.54) is 0 Å². The van der Waals surface area contributed by atoms with Gasteiger partial charge in [-0.2, -0.15) is 0 Å². The van der Waals surface area contributed by atoms with Crippen molar-refractivity contribution in [2.24, 2.45) is 0 Å². The Kier molecular flexibility index (Phi) is 7.79. The van der Waals surface area contributed by atoms with Gasteiger partial charge >= 0.3 is 0 Å². The Morgan fingerprint density at radius 2 is 1.82 bits per heavy atom. The highest BCUT2D eigenvalue weighted by Crippen LogP contribution is 2.41. The SMILES string of the molecule is CCCCN1C(=O)C(=O)/C(=C(/O)c2cc(C)c(OC)cc2C)C1c1cccc(OCCC)c1. The summed E-state index contributed by atoms with van der Waals surface area (Å²) in [7, 11) is 1.59. The second kappa shape index (κ2) is 10.6. The van der Waals surface area contributed by atoms with Crippen molar-refractivity contribution >= 4 is 17.4 Å². The number of aliphatic hydroxyl groups is 1. The lowest BCUT2D eigenvalue weighted by Crippen LogP contribution is -2.30. The molecule has 6 nitrogen and oxygen atoms in total. The molecule has 2 aromatic rings. The number of ether oxygens (including phenoxy) is 2. The van der Waals surface area contributed by atoms with Crippen LogP contribution in [0, 0.1) is 13.8 Å². The van der Waals surface area contributed by atoms with Crippen molar-refractivity contribution in [1.29, 1.82) is 0 Å². The van der Waals surface area contributed by atoms with Gasteiger partial charge in [-0.3, -0.25) is 9.59 Å². The summed E-state index contributed by atoms with van der Waals surface area (Å²) in [6, 6.07) is 10.4. The maximum Gasteiger partial charge on any atom is 0.295 e. The number of amides is 1. The minimum Gasteiger partial charge on any atom is -0.507 e. The predicted octanol–water partition coefficient (Wildman–Crippen LogP) is 5.32. The zero-order valence-corrected chi connectivity index (χ0v) is 20.1. The lowest BCUT2D eigenvalue weighted by molar-refractivity contribution is -0.139. The lowest BCUT2D eigenvalue weighted by atomic mass is 9.93. The quantitative estimate of drug-likeness (QED) is 0.317. The Morgan fingerprint density at radius 3 is 2.48 bits per heavy atom. The molecule has 0 saturated carbocycles. The number of hydrogen-bond acceptors (Lipinski definition) is 5. The number of ketones is 1. The van der Waals surface area contributed by atoms with Crippen LogP contribution >= 0.6 is 0 Å². The number of nitrogens with zero attached hydrogens (tertiary/aromatic N) is 1. The molecular weight excluding hydrogens is 418 g/mol. The van der Waals surface area contributed by atoms with Gasteiger partial charge in [-0.25, -0.2) is 0 Å². The molecule has 1 aliphatic heterocycles. The fourth-order valence-corrected chi connectivity index (χ4v) is 4.19. The molecule has 176 valence electrons. The highest BCUT2D eigenvalue weighted by molar-refractivity contribution is 6.46. The molecule has 1 amide bonds. The normalized spacial score (nSPS) is 17.5. The van der Waals surface area contributed by atoms with Crippen molar-refractivity contribution in [1.82, 2.24) is 4.90 Å². The number of carbonyl (C=O) groups excluding carboxylic acids is 2. The monoisotopic (exact) mass is 451 g/mol. The molecule has 1 heterocycles. The molecule has 0 aliphatic carbocycles. The summed E-state index contributed by atoms with van der Waals surface area (Å²) >= 11 is 0. The first-order valence-corrected chi connectivity index (χ1v) is 11.5. The summed E-state index contributed by atoms with van der Waals surface area (Å²) in [4.78, 5) is 27.8. The molecule has 0 aromatic heterocycles. The Bertz CT molecular complexity index is 1070. The van der Waals surface area contributed by atoms with Crippen LogP contribution in [0.25, 0.3) is 5.76 Å². The molecule has 1 aliphatic rings. The molecule has 3 rings (SSSR count). The Morgan fingerprint density at radius 1 is 1.06 bits per heavy atom. The van der Waals surface area contributed by atoms with Crippen molar-refractivity contribution in [3.63, 3.8) is 0 Å². The van der Waals surface area contributed by atoms with Crippen molar-refractivity contribution in [3.05, 3.63) is 64.2 Å². The molecule has 0 radical (unpaired) electrons. The molecule has 1 fully saturated rings. The van der Waals surface area contributed by atoms with E-state index in [0.29, 0.717) is 30.2 Å². The third-order valence-corrected chi connectivity index (χ3v) is 5.94. The van der Waals surface area contributed by atoms with Gasteiger partial charge in [-0.05, 0) is 67.6 Å². The van der Waals surface area contributed by atoms with Crippen LogP contribution in [0.5, 0.6) is 11.5 Å². The van der Waals surface area contributed by atoms with Crippen molar-refractivity contribution in [3.8, 4) is 11.5 Å². The standard InChI is InChI=1S/C27H33NO5/c1-6-8-12-28-24(19-10-9-11-20(16-19)33-13-7-2)23(26(30)27(28)31)25(29)21-14-18(4)22(32-5)15-17(21)3/h9-11,14-16,24,29H,6-8,12-13H2,1-5H3/b25-23+. The number of Topliss-reactive ketones (excluding diaryl/α,β-unsaturated/α-hetero) is 1. The third kappa shape index (κ3) is 4.90. The predicted molar refractivity (Wildman–Crippen MR) is 129 cm³/mol. The summed E-state index contributed by atoms with van der Waals surface area (Å²) < 4.78 is 11.2. The van der Waals surface area contributed by atoms with Gasteiger partial charge in [0.2, 0.25) is 0 Å². The smallest absolute Gasteiger partial charge is 0.295 e. The molecule has 0 bridgehead atoms. The molecule has 0 spiro atoms. The van der Waals surface area contributed by atoms with Crippen molar-refractivity contribution in [2.75, 3.05) is 20.3 Å². The average molecular weight is 452 g/mol. The first-order valence-electron chi connectivity index (χ1n) is 11.5. The second-order valence-electron chi connectivity index (χ2n) is 8.40. The largest absolute Gasteiger partial charge is 0.507 e. The second-order valence-corrected chi connectivity index (χ2v) is 8.40. The number of aryl methyl sites for hydroxylation is 2. The van der Waals surface area contributed by atoms with E-state index in [4.69, 9.17) is 9.47 Å². The summed E-state index contributed by atoms with van der Waals surface area (Å²) in [5.74, 6) is -0.0451. The number of aliphatic hydroxyl groups excluding tert-OH is 1. The van der Waals surface area contributed by atoms with E-state index in [1.54, 1.807) is 18.1 Å². The van der Waals surface area contributed by atoms with Gasteiger partial charge in [-0.1, -0.05) is 32.4 Å². The first-order chi connectivity index (χ1) is 15.8. The Balaban J connectivity index is 2.18. The van der Waals surface area contributed by atoms with Gasteiger partial charge in [0, 0.05) is 12.1 Å². The van der Waals surface area contributed by atoms with E-state index >= 15 is 0 Å². The minimum atomic E-state index is -0.677. The Labute approximate surface area is 195 Å². The van der Waals surface area contributed by atoms with E-state index in [0.717, 1.165) is 36.0 Å². The molecule has 1 unspecified atom stereocenters. The molecule has 1 saturated heterocycles. The van der Waals surface area contributed by atoms with Gasteiger partial charge in [0.05, 0.1) is 25.3 Å². The lowest BCUT2D eigenvalue weighted by Gasteiger charge is -2.25. The van der Waals surface area contributed by atoms with Crippen molar-refractivity contribution < 1.29 is 24.2 Å². The van der Waals surface area contributed by atoms with E-state index in [9.17, 15) is 14.7 Å². The van der Waals surface area contributed by atoms with E-state index in [2.05, 4.69) is 0 Å². The van der Waals surface area contributed by atoms with Crippen LogP contribution in [-0.2, 0) is 9.59 Å². The van der Waals surface area contributed by atoms with E-state index in [1.807, 2.05) is 58.0 Å².